The standard InChI is InChI=1S/C30H28FN5O4S/c31-23-11-8-21(27-28(23)41-18-33-27)16-34-17-25-35(30(40)32-15-20-4-2-1-3-5-20)13-12-26(38)36(25)24(29(34)39)14-19-6-9-22(37)10-7-19/h1-11,18,24-25,37H,12-17H2,(H,32,40)/t24-,25+/m0/s1. The molecule has 3 aromatic carbocycles. The van der Waals surface area contributed by atoms with Crippen LogP contribution in [0.4, 0.5) is 9.18 Å². The second-order valence-corrected chi connectivity index (χ2v) is 11.1. The lowest BCUT2D eigenvalue weighted by Gasteiger charge is -2.52. The Balaban J connectivity index is 1.32. The van der Waals surface area contributed by atoms with Gasteiger partial charge in [0.05, 0.1) is 22.3 Å². The highest BCUT2D eigenvalue weighted by Crippen LogP contribution is 2.31. The van der Waals surface area contributed by atoms with E-state index in [0.29, 0.717) is 22.3 Å². The predicted octanol–water partition coefficient (Wildman–Crippen LogP) is 3.86. The molecule has 2 N–H and O–H groups in total. The second-order valence-electron chi connectivity index (χ2n) is 10.2. The Morgan fingerprint density at radius 2 is 1.83 bits per heavy atom. The van der Waals surface area contributed by atoms with Crippen molar-refractivity contribution in [3.05, 3.63) is 94.7 Å². The van der Waals surface area contributed by atoms with Gasteiger partial charge in [-0.25, -0.2) is 14.2 Å². The Morgan fingerprint density at radius 3 is 2.61 bits per heavy atom. The van der Waals surface area contributed by atoms with Gasteiger partial charge in [0.15, 0.2) is 0 Å². The highest BCUT2D eigenvalue weighted by molar-refractivity contribution is 7.16. The number of carbonyl (C=O) groups is 3. The first kappa shape index (κ1) is 26.7. The SMILES string of the molecule is O=C1[C@H](Cc2ccc(O)cc2)N2C(=O)CCN(C(=O)NCc3ccccc3)[C@H]2CN1Cc1ccc(F)c2scnc12. The lowest BCUT2D eigenvalue weighted by atomic mass is 9.97. The minimum atomic E-state index is -0.859. The first-order valence-electron chi connectivity index (χ1n) is 13.4. The Bertz CT molecular complexity index is 1600. The first-order valence-corrected chi connectivity index (χ1v) is 14.2. The number of amides is 4. The maximum atomic E-state index is 14.4. The van der Waals surface area contributed by atoms with E-state index in [4.69, 9.17) is 0 Å². The molecule has 6 rings (SSSR count). The number of thiazole rings is 1. The van der Waals surface area contributed by atoms with Crippen LogP contribution in [0.15, 0.2) is 72.2 Å². The maximum absolute atomic E-state index is 14.4. The zero-order valence-corrected chi connectivity index (χ0v) is 22.9. The lowest BCUT2D eigenvalue weighted by molar-refractivity contribution is -0.167. The van der Waals surface area contributed by atoms with E-state index in [1.807, 2.05) is 30.3 Å². The number of hydrogen-bond donors (Lipinski definition) is 2. The van der Waals surface area contributed by atoms with Crippen molar-refractivity contribution in [3.8, 4) is 5.75 Å². The molecule has 2 fully saturated rings. The number of aromatic nitrogens is 1. The third kappa shape index (κ3) is 5.32. The number of phenols is 1. The first-order chi connectivity index (χ1) is 19.9. The summed E-state index contributed by atoms with van der Waals surface area (Å²) in [4.78, 5) is 49.9. The molecule has 1 aromatic heterocycles. The summed E-state index contributed by atoms with van der Waals surface area (Å²) in [7, 11) is 0. The van der Waals surface area contributed by atoms with Crippen molar-refractivity contribution in [2.75, 3.05) is 13.1 Å². The van der Waals surface area contributed by atoms with Crippen molar-refractivity contribution < 1.29 is 23.9 Å². The number of nitrogens with zero attached hydrogens (tertiary/aromatic N) is 4. The third-order valence-electron chi connectivity index (χ3n) is 7.65. The van der Waals surface area contributed by atoms with Crippen molar-refractivity contribution in [3.63, 3.8) is 0 Å². The van der Waals surface area contributed by atoms with Crippen molar-refractivity contribution >= 4 is 39.4 Å². The number of urea groups is 1. The van der Waals surface area contributed by atoms with Crippen LogP contribution in [0.3, 0.4) is 0 Å². The van der Waals surface area contributed by atoms with E-state index < -0.39 is 12.2 Å². The van der Waals surface area contributed by atoms with Crippen LogP contribution in [0.2, 0.25) is 0 Å². The largest absolute Gasteiger partial charge is 0.508 e. The molecule has 2 aliphatic heterocycles. The number of halogens is 1. The molecule has 4 aromatic rings. The normalized spacial score (nSPS) is 19.0. The molecule has 41 heavy (non-hydrogen) atoms. The van der Waals surface area contributed by atoms with E-state index in [-0.39, 0.29) is 61.9 Å². The van der Waals surface area contributed by atoms with Gasteiger partial charge in [-0.3, -0.25) is 9.59 Å². The number of rotatable bonds is 6. The Hall–Kier alpha value is -4.51. The van der Waals surface area contributed by atoms with Gasteiger partial charge in [0.25, 0.3) is 0 Å². The molecule has 0 spiro atoms. The molecule has 4 amide bonds. The van der Waals surface area contributed by atoms with Crippen LogP contribution in [-0.4, -0.2) is 67.9 Å². The van der Waals surface area contributed by atoms with Crippen LogP contribution in [0.25, 0.3) is 10.2 Å². The summed E-state index contributed by atoms with van der Waals surface area (Å²) in [6.45, 7) is 0.817. The fourth-order valence-corrected chi connectivity index (χ4v) is 6.34. The summed E-state index contributed by atoms with van der Waals surface area (Å²) in [5.41, 5.74) is 4.47. The van der Waals surface area contributed by atoms with Crippen molar-refractivity contribution in [2.45, 2.75) is 38.1 Å². The average molecular weight is 574 g/mol. The van der Waals surface area contributed by atoms with E-state index in [9.17, 15) is 23.9 Å². The summed E-state index contributed by atoms with van der Waals surface area (Å²) in [6, 6.07) is 17.9. The van der Waals surface area contributed by atoms with Gasteiger partial charge >= 0.3 is 6.03 Å². The topological polar surface area (TPSA) is 106 Å². The number of phenolic OH excluding ortho intramolecular Hbond substituents is 1. The van der Waals surface area contributed by atoms with E-state index in [1.165, 1.54) is 29.5 Å². The molecule has 0 radical (unpaired) electrons. The van der Waals surface area contributed by atoms with Gasteiger partial charge in [0.2, 0.25) is 11.8 Å². The highest BCUT2D eigenvalue weighted by Gasteiger charge is 2.48. The molecular formula is C30H28FN5O4S. The molecule has 3 heterocycles. The van der Waals surface area contributed by atoms with E-state index in [1.54, 1.807) is 38.4 Å². The van der Waals surface area contributed by atoms with Crippen molar-refractivity contribution in [1.82, 2.24) is 25.0 Å². The van der Waals surface area contributed by atoms with E-state index in [2.05, 4.69) is 10.3 Å². The molecule has 0 bridgehead atoms. The third-order valence-corrected chi connectivity index (χ3v) is 8.48. The van der Waals surface area contributed by atoms with Gasteiger partial charge < -0.3 is 25.1 Å². The van der Waals surface area contributed by atoms with Crippen LogP contribution >= 0.6 is 11.3 Å². The Labute approximate surface area is 239 Å². The number of carbonyl (C=O) groups excluding carboxylic acids is 3. The number of piperazine rings is 1. The molecule has 0 aliphatic carbocycles. The number of hydrogen-bond acceptors (Lipinski definition) is 6. The quantitative estimate of drug-likeness (QED) is 0.365. The fourth-order valence-electron chi connectivity index (χ4n) is 5.60. The highest BCUT2D eigenvalue weighted by atomic mass is 32.1. The zero-order valence-electron chi connectivity index (χ0n) is 22.1. The molecule has 210 valence electrons. The van der Waals surface area contributed by atoms with Crippen molar-refractivity contribution in [2.24, 2.45) is 0 Å². The second kappa shape index (κ2) is 11.2. The zero-order chi connectivity index (χ0) is 28.5. The maximum Gasteiger partial charge on any atom is 0.319 e. The molecule has 0 saturated carbocycles. The monoisotopic (exact) mass is 573 g/mol. The summed E-state index contributed by atoms with van der Waals surface area (Å²) >= 11 is 1.20. The molecule has 0 unspecified atom stereocenters. The fraction of sp³-hybridized carbons (Fsp3) is 0.267. The van der Waals surface area contributed by atoms with Crippen LogP contribution in [0, 0.1) is 5.82 Å². The van der Waals surface area contributed by atoms with E-state index in [0.717, 1.165) is 11.1 Å². The van der Waals surface area contributed by atoms with Gasteiger partial charge in [-0.05, 0) is 34.9 Å². The Kier molecular flexibility index (Phi) is 7.27. The molecular weight excluding hydrogens is 545 g/mol. The summed E-state index contributed by atoms with van der Waals surface area (Å²) < 4.78 is 14.8. The van der Waals surface area contributed by atoms with Gasteiger partial charge in [-0.15, -0.1) is 11.3 Å². The van der Waals surface area contributed by atoms with Crippen LogP contribution in [0.1, 0.15) is 23.1 Å². The average Bonchev–Trinajstić information content (AvgIpc) is 3.48. The molecule has 9 nitrogen and oxygen atoms in total. The van der Waals surface area contributed by atoms with Crippen molar-refractivity contribution in [1.29, 1.82) is 0 Å². The minimum Gasteiger partial charge on any atom is -0.508 e. The lowest BCUT2D eigenvalue weighted by Crippen LogP contribution is -2.72. The molecule has 2 atom stereocenters. The van der Waals surface area contributed by atoms with E-state index >= 15 is 0 Å². The summed E-state index contributed by atoms with van der Waals surface area (Å²) in [5.74, 6) is -0.724. The summed E-state index contributed by atoms with van der Waals surface area (Å²) in [6.07, 6.45) is -0.364. The number of benzene rings is 3. The van der Waals surface area contributed by atoms with Crippen LogP contribution in [-0.2, 0) is 29.1 Å². The Morgan fingerprint density at radius 1 is 1.05 bits per heavy atom. The van der Waals surface area contributed by atoms with Gasteiger partial charge in [-0.2, -0.15) is 0 Å². The molecule has 11 heteroatoms. The van der Waals surface area contributed by atoms with Gasteiger partial charge in [0, 0.05) is 32.5 Å². The van der Waals surface area contributed by atoms with Crippen LogP contribution in [0.5, 0.6) is 5.75 Å². The number of aromatic hydroxyl groups is 1. The number of nitrogens with one attached hydrogen (secondary N) is 1. The number of fused-ring (bicyclic) bond motifs is 2. The summed E-state index contributed by atoms with van der Waals surface area (Å²) in [5, 5.41) is 12.7. The minimum absolute atomic E-state index is 0.0992. The van der Waals surface area contributed by atoms with Crippen LogP contribution < -0.4 is 5.32 Å². The van der Waals surface area contributed by atoms with Gasteiger partial charge in [-0.1, -0.05) is 48.5 Å². The predicted molar refractivity (Wildman–Crippen MR) is 151 cm³/mol. The molecule has 2 aliphatic rings. The van der Waals surface area contributed by atoms with Gasteiger partial charge in [0.1, 0.15) is 23.8 Å². The smallest absolute Gasteiger partial charge is 0.319 e. The molecule has 2 saturated heterocycles.